The van der Waals surface area contributed by atoms with Crippen molar-refractivity contribution in [2.24, 2.45) is 23.0 Å². The van der Waals surface area contributed by atoms with Gasteiger partial charge in [-0.2, -0.15) is 0 Å². The quantitative estimate of drug-likeness (QED) is 0.415. The summed E-state index contributed by atoms with van der Waals surface area (Å²) in [5.41, 5.74) is 5.35. The third-order valence-corrected chi connectivity index (χ3v) is 8.03. The van der Waals surface area contributed by atoms with E-state index in [1.807, 2.05) is 20.8 Å². The number of fused-ring (bicyclic) bond motifs is 1. The van der Waals surface area contributed by atoms with Gasteiger partial charge < -0.3 is 29.8 Å². The van der Waals surface area contributed by atoms with E-state index < -0.39 is 35.6 Å². The molecule has 36 heavy (non-hydrogen) atoms. The van der Waals surface area contributed by atoms with E-state index >= 15 is 0 Å². The van der Waals surface area contributed by atoms with Crippen molar-refractivity contribution >= 4 is 17.8 Å². The maximum atomic E-state index is 13.2. The van der Waals surface area contributed by atoms with E-state index in [-0.39, 0.29) is 36.4 Å². The fraction of sp³-hybridized carbons (Fsp3) is 0.741. The summed E-state index contributed by atoms with van der Waals surface area (Å²) >= 11 is 0. The first kappa shape index (κ1) is 28.5. The van der Waals surface area contributed by atoms with Gasteiger partial charge in [-0.15, -0.1) is 0 Å². The van der Waals surface area contributed by atoms with E-state index in [4.69, 9.17) is 19.6 Å². The zero-order chi connectivity index (χ0) is 26.8. The molecule has 9 nitrogen and oxygen atoms in total. The molecule has 0 aliphatic carbocycles. The predicted octanol–water partition coefficient (Wildman–Crippen LogP) is 3.16. The lowest BCUT2D eigenvalue weighted by atomic mass is 9.73. The summed E-state index contributed by atoms with van der Waals surface area (Å²) in [6.45, 7) is 10.9. The second-order valence-electron chi connectivity index (χ2n) is 11.3. The third-order valence-electron chi connectivity index (χ3n) is 8.03. The average Bonchev–Trinajstić information content (AvgIpc) is 3.23. The molecule has 3 rings (SSSR count). The molecule has 0 radical (unpaired) electrons. The molecule has 1 aromatic rings. The van der Waals surface area contributed by atoms with Gasteiger partial charge in [0.25, 0.3) is 0 Å². The van der Waals surface area contributed by atoms with E-state index in [2.05, 4.69) is 4.98 Å². The van der Waals surface area contributed by atoms with Gasteiger partial charge in [-0.05, 0) is 44.3 Å². The maximum Gasteiger partial charge on any atom is 0.309 e. The van der Waals surface area contributed by atoms with Crippen LogP contribution >= 0.6 is 0 Å². The lowest BCUT2D eigenvalue weighted by molar-refractivity contribution is -0.154. The Morgan fingerprint density at radius 1 is 1.25 bits per heavy atom. The number of ketones is 1. The topological polar surface area (TPSA) is 148 Å². The minimum absolute atomic E-state index is 0.0886. The molecule has 2 aliphatic rings. The number of rotatable bonds is 3. The van der Waals surface area contributed by atoms with Gasteiger partial charge in [0, 0.05) is 12.3 Å². The summed E-state index contributed by atoms with van der Waals surface area (Å²) < 4.78 is 17.2. The van der Waals surface area contributed by atoms with E-state index in [1.165, 1.54) is 6.26 Å². The molecular weight excluding hydrogens is 464 g/mol. The number of epoxide rings is 1. The summed E-state index contributed by atoms with van der Waals surface area (Å²) in [6, 6.07) is 0. The van der Waals surface area contributed by atoms with E-state index in [9.17, 15) is 19.8 Å². The van der Waals surface area contributed by atoms with Gasteiger partial charge in [0.15, 0.2) is 0 Å². The predicted molar refractivity (Wildman–Crippen MR) is 133 cm³/mol. The molecule has 202 valence electrons. The molecular formula is C27H42N2O7. The monoisotopic (exact) mass is 506 g/mol. The van der Waals surface area contributed by atoms with Crippen molar-refractivity contribution in [1.29, 1.82) is 0 Å². The number of carbonyl (C=O) groups is 2. The second kappa shape index (κ2) is 11.1. The number of Topliss-reactive ketones (excluding diaryl/α,β-unsaturated/α-hetero) is 1. The number of aliphatic hydroxyl groups excluding tert-OH is 2. The Balaban J connectivity index is 1.85. The van der Waals surface area contributed by atoms with E-state index in [1.54, 1.807) is 26.8 Å². The summed E-state index contributed by atoms with van der Waals surface area (Å²) in [6.07, 6.45) is 3.00. The summed E-state index contributed by atoms with van der Waals surface area (Å²) in [7, 11) is 0. The van der Waals surface area contributed by atoms with Gasteiger partial charge in [-0.3, -0.25) is 9.59 Å². The molecule has 2 saturated heterocycles. The molecule has 3 heterocycles. The molecule has 0 bridgehead atoms. The number of nitrogens with zero attached hydrogens (tertiary/aromatic N) is 1. The van der Waals surface area contributed by atoms with Gasteiger partial charge in [-0.25, -0.2) is 4.98 Å². The number of ether oxygens (including phenoxy) is 2. The third kappa shape index (κ3) is 6.43. The molecule has 2 fully saturated rings. The maximum absolute atomic E-state index is 13.2. The molecule has 7 atom stereocenters. The zero-order valence-corrected chi connectivity index (χ0v) is 22.3. The highest BCUT2D eigenvalue weighted by Crippen LogP contribution is 2.45. The molecule has 0 unspecified atom stereocenters. The van der Waals surface area contributed by atoms with Crippen LogP contribution in [0.1, 0.15) is 85.2 Å². The Hall–Kier alpha value is -2.07. The number of aromatic nitrogens is 1. The van der Waals surface area contributed by atoms with Crippen molar-refractivity contribution < 1.29 is 33.7 Å². The van der Waals surface area contributed by atoms with Crippen molar-refractivity contribution in [2.45, 2.75) is 110 Å². The molecule has 9 heteroatoms. The molecule has 4 N–H and O–H groups in total. The molecule has 0 saturated carbocycles. The van der Waals surface area contributed by atoms with E-state index in [0.29, 0.717) is 18.0 Å². The second-order valence-corrected chi connectivity index (χ2v) is 11.3. The molecule has 0 amide bonds. The standard InChI is InChI=1S/C27H42N2O7/c1-15-8-7-9-27(6)21(36-27)11-19(16(2)10-18-14-34-22(13-28)29-18)35-23(31)12-20(30)26(4,5)25(33)17(3)24(15)32/h10,14-15,17,19-21,24,30,32H,7-9,11-13,28H2,1-6H3/t15-,17+,19-,20-,21-,24-,27+/m0/s1. The largest absolute Gasteiger partial charge is 0.458 e. The van der Waals surface area contributed by atoms with E-state index in [0.717, 1.165) is 24.8 Å². The Kier molecular flexibility index (Phi) is 8.81. The van der Waals surface area contributed by atoms with Gasteiger partial charge in [0.05, 0.1) is 42.3 Å². The SMILES string of the molecule is CC(=Cc1coc(CN)n1)[C@@H]1C[C@@H]2O[C@]2(C)CCC[C@H](C)[C@H](O)[C@@H](C)C(=O)C(C)(C)[C@@H](O)CC(=O)O1. The Bertz CT molecular complexity index is 971. The summed E-state index contributed by atoms with van der Waals surface area (Å²) in [5.74, 6) is -1.24. The van der Waals surface area contributed by atoms with Crippen LogP contribution in [-0.4, -0.2) is 57.0 Å². The molecule has 0 aromatic carbocycles. The summed E-state index contributed by atoms with van der Waals surface area (Å²) in [5, 5.41) is 21.7. The van der Waals surface area contributed by atoms with Crippen LogP contribution in [0.3, 0.4) is 0 Å². The number of hydrogen-bond acceptors (Lipinski definition) is 9. The first-order chi connectivity index (χ1) is 16.8. The first-order valence-electron chi connectivity index (χ1n) is 12.9. The first-order valence-corrected chi connectivity index (χ1v) is 12.9. The van der Waals surface area contributed by atoms with Crippen molar-refractivity contribution in [3.63, 3.8) is 0 Å². The van der Waals surface area contributed by atoms with Crippen molar-refractivity contribution in [2.75, 3.05) is 0 Å². The van der Waals surface area contributed by atoms with Gasteiger partial charge >= 0.3 is 5.97 Å². The number of nitrogens with two attached hydrogens (primary N) is 1. The molecule has 1 aromatic heterocycles. The van der Waals surface area contributed by atoms with Gasteiger partial charge in [0.1, 0.15) is 23.8 Å². The van der Waals surface area contributed by atoms with Crippen LogP contribution in [0.15, 0.2) is 16.3 Å². The molecule has 2 aliphatic heterocycles. The normalized spacial score (nSPS) is 36.8. The Morgan fingerprint density at radius 2 is 1.94 bits per heavy atom. The smallest absolute Gasteiger partial charge is 0.309 e. The van der Waals surface area contributed by atoms with Crippen LogP contribution < -0.4 is 5.73 Å². The van der Waals surface area contributed by atoms with Crippen LogP contribution in [0, 0.1) is 17.3 Å². The number of hydrogen-bond donors (Lipinski definition) is 3. The highest BCUT2D eigenvalue weighted by Gasteiger charge is 2.53. The zero-order valence-electron chi connectivity index (χ0n) is 22.3. The Morgan fingerprint density at radius 3 is 2.58 bits per heavy atom. The van der Waals surface area contributed by atoms with Gasteiger partial charge in [0.2, 0.25) is 5.89 Å². The van der Waals surface area contributed by atoms with Crippen LogP contribution in [-0.2, 0) is 25.6 Å². The van der Waals surface area contributed by atoms with Crippen molar-refractivity contribution in [3.05, 3.63) is 23.4 Å². The fourth-order valence-corrected chi connectivity index (χ4v) is 5.11. The van der Waals surface area contributed by atoms with Crippen molar-refractivity contribution in [3.8, 4) is 0 Å². The fourth-order valence-electron chi connectivity index (χ4n) is 5.11. The number of esters is 1. The van der Waals surface area contributed by atoms with Crippen LogP contribution in [0.5, 0.6) is 0 Å². The lowest BCUT2D eigenvalue weighted by Gasteiger charge is -2.34. The molecule has 0 spiro atoms. The summed E-state index contributed by atoms with van der Waals surface area (Å²) in [4.78, 5) is 30.4. The number of carbonyl (C=O) groups excluding carboxylic acids is 2. The van der Waals surface area contributed by atoms with Gasteiger partial charge in [-0.1, -0.05) is 34.1 Å². The van der Waals surface area contributed by atoms with Crippen LogP contribution in [0.25, 0.3) is 6.08 Å². The van der Waals surface area contributed by atoms with Crippen LogP contribution in [0.4, 0.5) is 0 Å². The number of aliphatic hydroxyl groups is 2. The highest BCUT2D eigenvalue weighted by atomic mass is 16.6. The highest BCUT2D eigenvalue weighted by molar-refractivity contribution is 5.88. The van der Waals surface area contributed by atoms with Crippen molar-refractivity contribution in [1.82, 2.24) is 4.98 Å². The number of cyclic esters (lactones) is 1. The number of oxazole rings is 1. The minimum atomic E-state index is -1.26. The minimum Gasteiger partial charge on any atom is -0.458 e. The average molecular weight is 507 g/mol. The van der Waals surface area contributed by atoms with Crippen LogP contribution in [0.2, 0.25) is 0 Å². The Labute approximate surface area is 213 Å². The lowest BCUT2D eigenvalue weighted by Crippen LogP contribution is -2.45.